The van der Waals surface area contributed by atoms with Crippen LogP contribution in [0.1, 0.15) is 21.5 Å². The van der Waals surface area contributed by atoms with Crippen LogP contribution in [0.5, 0.6) is 5.75 Å². The van der Waals surface area contributed by atoms with E-state index in [1.165, 1.54) is 17.1 Å². The van der Waals surface area contributed by atoms with Crippen LogP contribution in [-0.2, 0) is 0 Å². The van der Waals surface area contributed by atoms with Gasteiger partial charge in [0.25, 0.3) is 5.91 Å². The highest BCUT2D eigenvalue weighted by molar-refractivity contribution is 6.04. The lowest BCUT2D eigenvalue weighted by atomic mass is 10.1. The van der Waals surface area contributed by atoms with Crippen molar-refractivity contribution >= 4 is 22.6 Å². The predicted octanol–water partition coefficient (Wildman–Crippen LogP) is 3.26. The molecule has 8 heteroatoms. The molecule has 0 atom stereocenters. The Morgan fingerprint density at radius 1 is 1.24 bits per heavy atom. The molecule has 0 fully saturated rings. The van der Waals surface area contributed by atoms with Gasteiger partial charge in [-0.2, -0.15) is 15.0 Å². The van der Waals surface area contributed by atoms with E-state index in [2.05, 4.69) is 26.5 Å². The maximum absolute atomic E-state index is 12.6. The molecule has 0 aliphatic heterocycles. The Balaban J connectivity index is 1.83. The van der Waals surface area contributed by atoms with E-state index in [1.54, 1.807) is 25.4 Å². The number of nitrogens with one attached hydrogen (secondary N) is 1. The summed E-state index contributed by atoms with van der Waals surface area (Å²) in [7, 11) is 1.58. The Morgan fingerprint density at radius 2 is 2.10 bits per heavy atom. The number of rotatable bonds is 4. The Hall–Kier alpha value is -4.25. The number of nitriles is 1. The summed E-state index contributed by atoms with van der Waals surface area (Å²) in [5.74, 6) is 0.928. The van der Waals surface area contributed by atoms with Crippen LogP contribution in [0.25, 0.3) is 16.7 Å². The van der Waals surface area contributed by atoms with Crippen molar-refractivity contribution in [2.24, 2.45) is 0 Å². The standard InChI is InChI=1S/C21H16N6O2/c1-13-9-18(25-19-16(13)6-3-7-17(19)29-2)27-20(15(10-22)12-24-27)26-21(28)14-5-4-8-23-11-14/h3-9,11-12H,1-2H3,(H,26,28). The molecule has 0 radical (unpaired) electrons. The van der Waals surface area contributed by atoms with Gasteiger partial charge in [-0.15, -0.1) is 0 Å². The van der Waals surface area contributed by atoms with Crippen molar-refractivity contribution in [1.29, 1.82) is 5.26 Å². The number of carbonyl (C=O) groups excluding carboxylic acids is 1. The highest BCUT2D eigenvalue weighted by Gasteiger charge is 2.18. The fourth-order valence-electron chi connectivity index (χ4n) is 3.05. The smallest absolute Gasteiger partial charge is 0.258 e. The molecular weight excluding hydrogens is 368 g/mol. The van der Waals surface area contributed by atoms with Crippen LogP contribution in [0.3, 0.4) is 0 Å². The number of amides is 1. The third kappa shape index (κ3) is 3.26. The lowest BCUT2D eigenvalue weighted by molar-refractivity contribution is 0.102. The molecule has 0 saturated heterocycles. The molecule has 0 aliphatic carbocycles. The van der Waals surface area contributed by atoms with E-state index in [9.17, 15) is 10.1 Å². The van der Waals surface area contributed by atoms with Gasteiger partial charge in [0.15, 0.2) is 11.6 Å². The van der Waals surface area contributed by atoms with Gasteiger partial charge in [0.1, 0.15) is 22.9 Å². The SMILES string of the molecule is COc1cccc2c(C)cc(-n3ncc(C#N)c3NC(=O)c3cccnc3)nc12. The Kier molecular flexibility index (Phi) is 4.63. The quantitative estimate of drug-likeness (QED) is 0.579. The molecule has 4 aromatic rings. The summed E-state index contributed by atoms with van der Waals surface area (Å²) in [6.45, 7) is 1.95. The van der Waals surface area contributed by atoms with Crippen LogP contribution >= 0.6 is 0 Å². The summed E-state index contributed by atoms with van der Waals surface area (Å²) in [4.78, 5) is 21.2. The molecule has 142 valence electrons. The van der Waals surface area contributed by atoms with Gasteiger partial charge in [0, 0.05) is 17.8 Å². The van der Waals surface area contributed by atoms with Crippen LogP contribution in [0.15, 0.2) is 55.0 Å². The maximum Gasteiger partial charge on any atom is 0.258 e. The topological polar surface area (TPSA) is 106 Å². The van der Waals surface area contributed by atoms with Crippen LogP contribution in [-0.4, -0.2) is 32.8 Å². The molecule has 3 aromatic heterocycles. The molecule has 29 heavy (non-hydrogen) atoms. The molecule has 0 spiro atoms. The molecule has 0 saturated carbocycles. The van der Waals surface area contributed by atoms with E-state index in [4.69, 9.17) is 4.74 Å². The fraction of sp³-hybridized carbons (Fsp3) is 0.0952. The molecule has 1 aromatic carbocycles. The normalized spacial score (nSPS) is 10.5. The first-order chi connectivity index (χ1) is 14.1. The van der Waals surface area contributed by atoms with E-state index in [0.717, 1.165) is 10.9 Å². The zero-order valence-corrected chi connectivity index (χ0v) is 15.7. The number of hydrogen-bond donors (Lipinski definition) is 1. The summed E-state index contributed by atoms with van der Waals surface area (Å²) >= 11 is 0. The Labute approximate surface area is 166 Å². The van der Waals surface area contributed by atoms with Crippen LogP contribution < -0.4 is 10.1 Å². The number of carbonyl (C=O) groups is 1. The van der Waals surface area contributed by atoms with Gasteiger partial charge in [-0.25, -0.2) is 4.98 Å². The number of aromatic nitrogens is 4. The molecule has 3 heterocycles. The zero-order valence-electron chi connectivity index (χ0n) is 15.7. The molecular formula is C21H16N6O2. The van der Waals surface area contributed by atoms with Crippen molar-refractivity contribution in [2.75, 3.05) is 12.4 Å². The van der Waals surface area contributed by atoms with Crippen molar-refractivity contribution in [3.8, 4) is 17.6 Å². The summed E-state index contributed by atoms with van der Waals surface area (Å²) in [6, 6.07) is 12.9. The number of benzene rings is 1. The van der Waals surface area contributed by atoms with Gasteiger partial charge in [-0.1, -0.05) is 12.1 Å². The van der Waals surface area contributed by atoms with Gasteiger partial charge in [-0.05, 0) is 36.8 Å². The van der Waals surface area contributed by atoms with Gasteiger partial charge < -0.3 is 10.1 Å². The first-order valence-corrected chi connectivity index (χ1v) is 8.76. The van der Waals surface area contributed by atoms with Crippen LogP contribution in [0, 0.1) is 18.3 Å². The third-order valence-corrected chi connectivity index (χ3v) is 4.48. The molecule has 4 rings (SSSR count). The number of nitrogens with zero attached hydrogens (tertiary/aromatic N) is 5. The largest absolute Gasteiger partial charge is 0.494 e. The number of aryl methyl sites for hydroxylation is 1. The first kappa shape index (κ1) is 18.1. The molecule has 0 bridgehead atoms. The number of hydrogen-bond acceptors (Lipinski definition) is 6. The highest BCUT2D eigenvalue weighted by Crippen LogP contribution is 2.29. The molecule has 0 unspecified atom stereocenters. The Morgan fingerprint density at radius 3 is 2.83 bits per heavy atom. The minimum atomic E-state index is -0.397. The minimum Gasteiger partial charge on any atom is -0.494 e. The van der Waals surface area contributed by atoms with Crippen molar-refractivity contribution in [3.63, 3.8) is 0 Å². The lowest BCUT2D eigenvalue weighted by Gasteiger charge is -2.12. The van der Waals surface area contributed by atoms with E-state index in [-0.39, 0.29) is 11.4 Å². The fourth-order valence-corrected chi connectivity index (χ4v) is 3.05. The second kappa shape index (κ2) is 7.40. The van der Waals surface area contributed by atoms with Crippen LogP contribution in [0.4, 0.5) is 5.82 Å². The van der Waals surface area contributed by atoms with Crippen molar-refractivity contribution in [3.05, 3.63) is 71.7 Å². The van der Waals surface area contributed by atoms with Crippen molar-refractivity contribution in [1.82, 2.24) is 19.7 Å². The number of fused-ring (bicyclic) bond motifs is 1. The summed E-state index contributed by atoms with van der Waals surface area (Å²) in [5.41, 5.74) is 2.22. The van der Waals surface area contributed by atoms with Gasteiger partial charge >= 0.3 is 0 Å². The summed E-state index contributed by atoms with van der Waals surface area (Å²) in [5, 5.41) is 17.4. The average molecular weight is 384 g/mol. The summed E-state index contributed by atoms with van der Waals surface area (Å²) < 4.78 is 6.87. The van der Waals surface area contributed by atoms with Gasteiger partial charge in [0.05, 0.1) is 18.9 Å². The number of para-hydroxylation sites is 1. The predicted molar refractivity (Wildman–Crippen MR) is 107 cm³/mol. The summed E-state index contributed by atoms with van der Waals surface area (Å²) in [6.07, 6.45) is 4.42. The molecule has 1 amide bonds. The van der Waals surface area contributed by atoms with Gasteiger partial charge in [0.2, 0.25) is 0 Å². The number of pyridine rings is 2. The van der Waals surface area contributed by atoms with E-state index in [1.807, 2.05) is 31.2 Å². The van der Waals surface area contributed by atoms with E-state index >= 15 is 0 Å². The molecule has 8 nitrogen and oxygen atoms in total. The first-order valence-electron chi connectivity index (χ1n) is 8.76. The second-order valence-electron chi connectivity index (χ2n) is 6.28. The van der Waals surface area contributed by atoms with Gasteiger partial charge in [-0.3, -0.25) is 9.78 Å². The third-order valence-electron chi connectivity index (χ3n) is 4.48. The number of ether oxygens (including phenoxy) is 1. The van der Waals surface area contributed by atoms with Crippen molar-refractivity contribution in [2.45, 2.75) is 6.92 Å². The number of methoxy groups -OCH3 is 1. The zero-order chi connectivity index (χ0) is 20.4. The second-order valence-corrected chi connectivity index (χ2v) is 6.28. The van der Waals surface area contributed by atoms with E-state index in [0.29, 0.717) is 22.6 Å². The number of anilines is 1. The van der Waals surface area contributed by atoms with E-state index < -0.39 is 5.91 Å². The minimum absolute atomic E-state index is 0.224. The average Bonchev–Trinajstić information content (AvgIpc) is 3.16. The van der Waals surface area contributed by atoms with Crippen molar-refractivity contribution < 1.29 is 9.53 Å². The Bertz CT molecular complexity index is 1260. The molecule has 0 aliphatic rings. The monoisotopic (exact) mass is 384 g/mol. The molecule has 1 N–H and O–H groups in total. The maximum atomic E-state index is 12.6. The van der Waals surface area contributed by atoms with Crippen LogP contribution in [0.2, 0.25) is 0 Å². The lowest BCUT2D eigenvalue weighted by Crippen LogP contribution is -2.16. The highest BCUT2D eigenvalue weighted by atomic mass is 16.5.